The number of nitrogens with zero attached hydrogens (tertiary/aromatic N) is 2. The zero-order chi connectivity index (χ0) is 19.0. The summed E-state index contributed by atoms with van der Waals surface area (Å²) >= 11 is 1.63. The lowest BCUT2D eigenvalue weighted by Crippen LogP contribution is -2.27. The van der Waals surface area contributed by atoms with Crippen LogP contribution in [0.4, 0.5) is 4.39 Å². The molecule has 0 saturated carbocycles. The van der Waals surface area contributed by atoms with E-state index in [-0.39, 0.29) is 12.1 Å². The largest absolute Gasteiger partial charge is 0.496 e. The molecule has 1 aliphatic carbocycles. The van der Waals surface area contributed by atoms with Crippen LogP contribution in [-0.4, -0.2) is 23.3 Å². The average molecular weight is 386 g/mol. The van der Waals surface area contributed by atoms with Gasteiger partial charge in [0.2, 0.25) is 0 Å². The second kappa shape index (κ2) is 7.43. The molecule has 0 radical (unpaired) electrons. The van der Waals surface area contributed by atoms with Crippen molar-refractivity contribution >= 4 is 21.6 Å². The molecule has 1 atom stereocenters. The fourth-order valence-electron chi connectivity index (χ4n) is 3.93. The molecule has 27 heavy (non-hydrogen) atoms. The molecule has 6 heteroatoms. The van der Waals surface area contributed by atoms with Crippen molar-refractivity contribution in [3.63, 3.8) is 0 Å². The highest BCUT2D eigenvalue weighted by molar-refractivity contribution is 7.18. The Morgan fingerprint density at radius 3 is 2.96 bits per heavy atom. The number of para-hydroxylation sites is 1. The molecule has 0 bridgehead atoms. The summed E-state index contributed by atoms with van der Waals surface area (Å²) in [7, 11) is 1.62. The van der Waals surface area contributed by atoms with Gasteiger partial charge in [-0.15, -0.1) is 11.3 Å². The Balaban J connectivity index is 1.87. The number of aromatic nitrogens is 2. The zero-order valence-electron chi connectivity index (χ0n) is 15.6. The van der Waals surface area contributed by atoms with Gasteiger partial charge in [0.15, 0.2) is 0 Å². The second-order valence-electron chi connectivity index (χ2n) is 7.19. The average Bonchev–Trinajstić information content (AvgIpc) is 3.02. The van der Waals surface area contributed by atoms with Crippen LogP contribution in [0.25, 0.3) is 10.2 Å². The third-order valence-electron chi connectivity index (χ3n) is 5.34. The molecule has 0 saturated heterocycles. The first-order valence-corrected chi connectivity index (χ1v) is 10.2. The summed E-state index contributed by atoms with van der Waals surface area (Å²) in [5.41, 5.74) is 1.98. The van der Waals surface area contributed by atoms with Gasteiger partial charge >= 0.3 is 0 Å². The highest BCUT2D eigenvalue weighted by Crippen LogP contribution is 2.36. The van der Waals surface area contributed by atoms with Crippen molar-refractivity contribution in [2.45, 2.75) is 39.2 Å². The molecular weight excluding hydrogens is 363 g/mol. The number of fused-ring (bicyclic) bond motifs is 3. The van der Waals surface area contributed by atoms with E-state index in [9.17, 15) is 9.18 Å². The van der Waals surface area contributed by atoms with Crippen LogP contribution < -0.4 is 10.3 Å². The van der Waals surface area contributed by atoms with Crippen LogP contribution in [0.15, 0.2) is 29.1 Å². The summed E-state index contributed by atoms with van der Waals surface area (Å²) in [6.45, 7) is 1.69. The zero-order valence-corrected chi connectivity index (χ0v) is 16.4. The summed E-state index contributed by atoms with van der Waals surface area (Å²) in [5, 5.41) is 0.708. The number of hydrogen-bond acceptors (Lipinski definition) is 4. The molecule has 0 spiro atoms. The number of alkyl halides is 1. The molecule has 3 aromatic rings. The van der Waals surface area contributed by atoms with Crippen molar-refractivity contribution in [1.29, 1.82) is 0 Å². The lowest BCUT2D eigenvalue weighted by Gasteiger charge is -2.17. The standard InChI is InChI=1S/C21H23FN2O2S/c1-13-7-8-15-17(11-13)27-20-19(15)21(25)24(10-9-22)18(23-20)12-14-5-3-4-6-16(14)26-2/h3-6,13H,7-12H2,1-2H3. The SMILES string of the molecule is COc1ccccc1Cc1nc2sc3c(c2c(=O)n1CCF)CCC(C)C3. The highest BCUT2D eigenvalue weighted by Gasteiger charge is 2.24. The van der Waals surface area contributed by atoms with E-state index in [0.29, 0.717) is 23.5 Å². The third-order valence-corrected chi connectivity index (χ3v) is 6.49. The van der Waals surface area contributed by atoms with E-state index < -0.39 is 6.67 Å². The maximum Gasteiger partial charge on any atom is 0.262 e. The smallest absolute Gasteiger partial charge is 0.262 e. The fourth-order valence-corrected chi connectivity index (χ4v) is 5.33. The summed E-state index contributed by atoms with van der Waals surface area (Å²) in [6, 6.07) is 7.67. The minimum atomic E-state index is -0.588. The number of aryl methyl sites for hydroxylation is 1. The van der Waals surface area contributed by atoms with Crippen LogP contribution in [-0.2, 0) is 25.8 Å². The van der Waals surface area contributed by atoms with E-state index >= 15 is 0 Å². The van der Waals surface area contributed by atoms with Gasteiger partial charge in [0.25, 0.3) is 5.56 Å². The Morgan fingerprint density at radius 1 is 1.37 bits per heavy atom. The van der Waals surface area contributed by atoms with Gasteiger partial charge in [-0.2, -0.15) is 0 Å². The number of methoxy groups -OCH3 is 1. The maximum atomic E-state index is 13.2. The molecule has 1 unspecified atom stereocenters. The number of thiophene rings is 1. The van der Waals surface area contributed by atoms with Gasteiger partial charge in [0.1, 0.15) is 23.1 Å². The number of ether oxygens (including phenoxy) is 1. The van der Waals surface area contributed by atoms with Crippen molar-refractivity contribution in [2.75, 3.05) is 13.8 Å². The summed E-state index contributed by atoms with van der Waals surface area (Å²) < 4.78 is 20.2. The Morgan fingerprint density at radius 2 is 2.19 bits per heavy atom. The fraction of sp³-hybridized carbons (Fsp3) is 0.429. The van der Waals surface area contributed by atoms with Crippen molar-refractivity contribution in [2.24, 2.45) is 5.92 Å². The minimum absolute atomic E-state index is 0.0350. The van der Waals surface area contributed by atoms with Crippen molar-refractivity contribution in [3.8, 4) is 5.75 Å². The van der Waals surface area contributed by atoms with Gasteiger partial charge in [-0.25, -0.2) is 9.37 Å². The lowest BCUT2D eigenvalue weighted by atomic mass is 9.89. The van der Waals surface area contributed by atoms with Gasteiger partial charge < -0.3 is 4.74 Å². The van der Waals surface area contributed by atoms with Crippen LogP contribution in [0.2, 0.25) is 0 Å². The van der Waals surface area contributed by atoms with E-state index in [1.807, 2.05) is 24.3 Å². The lowest BCUT2D eigenvalue weighted by molar-refractivity contribution is 0.408. The Labute approximate surface area is 161 Å². The predicted molar refractivity (Wildman–Crippen MR) is 107 cm³/mol. The van der Waals surface area contributed by atoms with Gasteiger partial charge in [-0.05, 0) is 36.8 Å². The maximum absolute atomic E-state index is 13.2. The molecule has 1 aliphatic rings. The first-order valence-electron chi connectivity index (χ1n) is 9.34. The van der Waals surface area contributed by atoms with Crippen molar-refractivity contribution in [1.82, 2.24) is 9.55 Å². The summed E-state index contributed by atoms with van der Waals surface area (Å²) in [6.07, 6.45) is 3.44. The van der Waals surface area contributed by atoms with E-state index in [4.69, 9.17) is 9.72 Å². The minimum Gasteiger partial charge on any atom is -0.496 e. The van der Waals surface area contributed by atoms with Crippen LogP contribution >= 0.6 is 11.3 Å². The number of hydrogen-bond donors (Lipinski definition) is 0. The normalized spacial score (nSPS) is 16.5. The van der Waals surface area contributed by atoms with Crippen LogP contribution in [0.1, 0.15) is 35.2 Å². The Hall–Kier alpha value is -2.21. The van der Waals surface area contributed by atoms with Crippen LogP contribution in [0, 0.1) is 5.92 Å². The van der Waals surface area contributed by atoms with Gasteiger partial charge in [0, 0.05) is 16.9 Å². The molecular formula is C21H23FN2O2S. The molecule has 0 aliphatic heterocycles. The van der Waals surface area contributed by atoms with E-state index in [2.05, 4.69) is 6.92 Å². The molecule has 4 nitrogen and oxygen atoms in total. The molecule has 0 amide bonds. The van der Waals surface area contributed by atoms with Gasteiger partial charge in [-0.1, -0.05) is 25.1 Å². The first-order chi connectivity index (χ1) is 13.1. The van der Waals surface area contributed by atoms with E-state index in [0.717, 1.165) is 41.0 Å². The predicted octanol–water partition coefficient (Wildman–Crippen LogP) is 4.15. The summed E-state index contributed by atoms with van der Waals surface area (Å²) in [4.78, 5) is 20.1. The second-order valence-corrected chi connectivity index (χ2v) is 8.28. The van der Waals surface area contributed by atoms with Crippen LogP contribution in [0.5, 0.6) is 5.75 Å². The number of rotatable bonds is 5. The van der Waals surface area contributed by atoms with Crippen LogP contribution in [0.3, 0.4) is 0 Å². The van der Waals surface area contributed by atoms with E-state index in [1.165, 1.54) is 9.44 Å². The molecule has 0 fully saturated rings. The van der Waals surface area contributed by atoms with Gasteiger partial charge in [-0.3, -0.25) is 9.36 Å². The molecule has 4 rings (SSSR count). The molecule has 2 aromatic heterocycles. The van der Waals surface area contributed by atoms with Gasteiger partial charge in [0.05, 0.1) is 19.0 Å². The number of halogens is 1. The first kappa shape index (κ1) is 18.2. The topological polar surface area (TPSA) is 44.1 Å². The quantitative estimate of drug-likeness (QED) is 0.662. The molecule has 0 N–H and O–H groups in total. The van der Waals surface area contributed by atoms with E-state index in [1.54, 1.807) is 18.4 Å². The molecule has 2 heterocycles. The third kappa shape index (κ3) is 3.27. The molecule has 142 valence electrons. The highest BCUT2D eigenvalue weighted by atomic mass is 32.1. The Bertz CT molecular complexity index is 1040. The van der Waals surface area contributed by atoms with Crippen molar-refractivity contribution in [3.05, 3.63) is 56.4 Å². The molecule has 1 aromatic carbocycles. The number of benzene rings is 1. The monoisotopic (exact) mass is 386 g/mol. The Kier molecular flexibility index (Phi) is 5.00. The van der Waals surface area contributed by atoms with Crippen molar-refractivity contribution < 1.29 is 9.13 Å². The summed E-state index contributed by atoms with van der Waals surface area (Å²) in [5.74, 6) is 1.98.